The third-order valence-corrected chi connectivity index (χ3v) is 4.51. The average Bonchev–Trinajstić information content (AvgIpc) is 2.59. The molecule has 7 nitrogen and oxygen atoms in total. The monoisotopic (exact) mass is 332 g/mol. The van der Waals surface area contributed by atoms with Crippen molar-refractivity contribution in [1.82, 2.24) is 14.9 Å². The number of hydrogen-bond acceptors (Lipinski definition) is 4. The Hall–Kier alpha value is -2.41. The Bertz CT molecular complexity index is 834. The van der Waals surface area contributed by atoms with Crippen LogP contribution in [0.5, 0.6) is 0 Å². The molecule has 0 fully saturated rings. The summed E-state index contributed by atoms with van der Waals surface area (Å²) in [5.41, 5.74) is 5.34. The molecule has 7 heteroatoms. The van der Waals surface area contributed by atoms with Crippen molar-refractivity contribution in [3.63, 3.8) is 0 Å². The van der Waals surface area contributed by atoms with Gasteiger partial charge in [-0.2, -0.15) is 0 Å². The number of aryl methyl sites for hydroxylation is 1. The molecule has 24 heavy (non-hydrogen) atoms. The largest absolute Gasteiger partial charge is 0.354 e. The van der Waals surface area contributed by atoms with Crippen molar-refractivity contribution >= 4 is 16.8 Å². The average molecular weight is 332 g/mol. The van der Waals surface area contributed by atoms with Crippen molar-refractivity contribution in [2.24, 2.45) is 5.73 Å². The second-order valence-corrected chi connectivity index (χ2v) is 6.02. The van der Waals surface area contributed by atoms with Gasteiger partial charge in [0.25, 0.3) is 5.56 Å². The normalized spacial score (nSPS) is 11.6. The maximum Gasteiger partial charge on any atom is 0.328 e. The van der Waals surface area contributed by atoms with E-state index < -0.39 is 16.8 Å². The predicted molar refractivity (Wildman–Crippen MR) is 94.0 cm³/mol. The summed E-state index contributed by atoms with van der Waals surface area (Å²) in [5.74, 6) is -0.172. The smallest absolute Gasteiger partial charge is 0.328 e. The fourth-order valence-electron chi connectivity index (χ4n) is 2.54. The molecule has 0 atom stereocenters. The molecule has 0 unspecified atom stereocenters. The maximum atomic E-state index is 12.1. The Kier molecular flexibility index (Phi) is 5.56. The molecule has 0 saturated carbocycles. The first-order chi connectivity index (χ1) is 11.4. The number of hydrogen-bond donors (Lipinski definition) is 3. The highest BCUT2D eigenvalue weighted by Crippen LogP contribution is 2.10. The first-order valence-corrected chi connectivity index (χ1v) is 8.17. The first kappa shape index (κ1) is 17.9. The summed E-state index contributed by atoms with van der Waals surface area (Å²) in [7, 11) is 0. The van der Waals surface area contributed by atoms with E-state index in [9.17, 15) is 14.4 Å². The Labute approximate surface area is 139 Å². The van der Waals surface area contributed by atoms with Crippen molar-refractivity contribution < 1.29 is 4.79 Å². The molecule has 1 aromatic carbocycles. The highest BCUT2D eigenvalue weighted by molar-refractivity contribution is 5.78. The van der Waals surface area contributed by atoms with Crippen molar-refractivity contribution in [2.75, 3.05) is 6.54 Å². The van der Waals surface area contributed by atoms with Crippen molar-refractivity contribution in [3.8, 4) is 0 Å². The number of rotatable bonds is 7. The van der Waals surface area contributed by atoms with Crippen LogP contribution in [-0.2, 0) is 11.3 Å². The standard InChI is InChI=1S/C17H24N4O3/c1-3-17(18,4-2)11-19-14(22)9-10-21-13-8-6-5-7-12(13)15(23)20-16(21)24/h5-8H,3-4,9-11,18H2,1-2H3,(H,19,22)(H,20,23,24). The van der Waals surface area contributed by atoms with Crippen molar-refractivity contribution in [3.05, 3.63) is 45.1 Å². The first-order valence-electron chi connectivity index (χ1n) is 8.17. The van der Waals surface area contributed by atoms with Gasteiger partial charge in [0.15, 0.2) is 0 Å². The molecule has 1 aromatic heterocycles. The summed E-state index contributed by atoms with van der Waals surface area (Å²) in [5, 5.41) is 3.25. The fraction of sp³-hybridized carbons (Fsp3) is 0.471. The third kappa shape index (κ3) is 3.91. The molecular formula is C17H24N4O3. The molecule has 130 valence electrons. The van der Waals surface area contributed by atoms with Crippen LogP contribution in [-0.4, -0.2) is 27.5 Å². The van der Waals surface area contributed by atoms with Gasteiger partial charge in [0.2, 0.25) is 5.91 Å². The molecule has 1 amide bonds. The van der Waals surface area contributed by atoms with Crippen LogP contribution in [0.1, 0.15) is 33.1 Å². The van der Waals surface area contributed by atoms with Crippen LogP contribution in [0.4, 0.5) is 0 Å². The molecule has 0 bridgehead atoms. The molecule has 1 heterocycles. The van der Waals surface area contributed by atoms with E-state index >= 15 is 0 Å². The molecule has 2 rings (SSSR count). The molecule has 4 N–H and O–H groups in total. The Morgan fingerprint density at radius 3 is 2.58 bits per heavy atom. The van der Waals surface area contributed by atoms with E-state index in [-0.39, 0.29) is 18.9 Å². The molecule has 2 aromatic rings. The highest BCUT2D eigenvalue weighted by Gasteiger charge is 2.20. The van der Waals surface area contributed by atoms with Gasteiger partial charge in [-0.05, 0) is 25.0 Å². The van der Waals surface area contributed by atoms with Gasteiger partial charge < -0.3 is 11.1 Å². The van der Waals surface area contributed by atoms with Crippen molar-refractivity contribution in [2.45, 2.75) is 45.2 Å². The van der Waals surface area contributed by atoms with E-state index in [0.29, 0.717) is 17.4 Å². The van der Waals surface area contributed by atoms with Gasteiger partial charge in [-0.1, -0.05) is 26.0 Å². The summed E-state index contributed by atoms with van der Waals surface area (Å²) in [6.45, 7) is 4.57. The molecule has 0 spiro atoms. The van der Waals surface area contributed by atoms with Crippen molar-refractivity contribution in [1.29, 1.82) is 0 Å². The van der Waals surface area contributed by atoms with Gasteiger partial charge in [-0.3, -0.25) is 19.1 Å². The number of nitrogens with two attached hydrogens (primary N) is 1. The zero-order chi connectivity index (χ0) is 17.7. The SMILES string of the molecule is CCC(N)(CC)CNC(=O)CCn1c(=O)[nH]c(=O)c2ccccc21. The van der Waals surface area contributed by atoms with E-state index in [0.717, 1.165) is 12.8 Å². The minimum atomic E-state index is -0.512. The molecule has 0 aliphatic heterocycles. The van der Waals surface area contributed by atoms with Crippen LogP contribution < -0.4 is 22.3 Å². The number of nitrogens with one attached hydrogen (secondary N) is 2. The Morgan fingerprint density at radius 1 is 1.25 bits per heavy atom. The fourth-order valence-corrected chi connectivity index (χ4v) is 2.54. The number of benzene rings is 1. The second-order valence-electron chi connectivity index (χ2n) is 6.02. The lowest BCUT2D eigenvalue weighted by Gasteiger charge is -2.26. The summed E-state index contributed by atoms with van der Waals surface area (Å²) >= 11 is 0. The van der Waals surface area contributed by atoms with Crippen LogP contribution in [0, 0.1) is 0 Å². The lowest BCUT2D eigenvalue weighted by molar-refractivity contribution is -0.121. The minimum absolute atomic E-state index is 0.138. The molecule has 0 saturated heterocycles. The molecule has 0 radical (unpaired) electrons. The highest BCUT2D eigenvalue weighted by atomic mass is 16.2. The second kappa shape index (κ2) is 7.44. The van der Waals surface area contributed by atoms with E-state index in [2.05, 4.69) is 10.3 Å². The molecule has 0 aliphatic carbocycles. The van der Waals surface area contributed by atoms with E-state index in [1.165, 1.54) is 4.57 Å². The number of para-hydroxylation sites is 1. The van der Waals surface area contributed by atoms with Gasteiger partial charge in [-0.15, -0.1) is 0 Å². The number of amides is 1. The van der Waals surface area contributed by atoms with Gasteiger partial charge in [0, 0.05) is 25.0 Å². The molecule has 0 aliphatic rings. The maximum absolute atomic E-state index is 12.1. The molecular weight excluding hydrogens is 308 g/mol. The number of aromatic amines is 1. The minimum Gasteiger partial charge on any atom is -0.354 e. The van der Waals surface area contributed by atoms with Gasteiger partial charge in [0.1, 0.15) is 0 Å². The van der Waals surface area contributed by atoms with Crippen LogP contribution in [0.2, 0.25) is 0 Å². The summed E-state index contributed by atoms with van der Waals surface area (Å²) in [6, 6.07) is 6.83. The van der Waals surface area contributed by atoms with Crippen LogP contribution in [0.15, 0.2) is 33.9 Å². The number of aromatic nitrogens is 2. The van der Waals surface area contributed by atoms with E-state index in [1.54, 1.807) is 24.3 Å². The zero-order valence-corrected chi connectivity index (χ0v) is 14.1. The van der Waals surface area contributed by atoms with Crippen LogP contribution >= 0.6 is 0 Å². The Morgan fingerprint density at radius 2 is 1.92 bits per heavy atom. The summed E-state index contributed by atoms with van der Waals surface area (Å²) in [4.78, 5) is 38.2. The topological polar surface area (TPSA) is 110 Å². The number of carbonyl (C=O) groups excluding carboxylic acids is 1. The number of nitrogens with zero attached hydrogens (tertiary/aromatic N) is 1. The number of carbonyl (C=O) groups is 1. The van der Waals surface area contributed by atoms with Gasteiger partial charge in [0.05, 0.1) is 10.9 Å². The van der Waals surface area contributed by atoms with Crippen LogP contribution in [0.25, 0.3) is 10.9 Å². The van der Waals surface area contributed by atoms with E-state index in [1.807, 2.05) is 13.8 Å². The number of fused-ring (bicyclic) bond motifs is 1. The third-order valence-electron chi connectivity index (χ3n) is 4.51. The van der Waals surface area contributed by atoms with Crippen LogP contribution in [0.3, 0.4) is 0 Å². The Balaban J connectivity index is 2.10. The number of H-pyrrole nitrogens is 1. The van der Waals surface area contributed by atoms with Gasteiger partial charge in [-0.25, -0.2) is 4.79 Å². The predicted octanol–water partition coefficient (Wildman–Crippen LogP) is 0.714. The lowest BCUT2D eigenvalue weighted by Crippen LogP contribution is -2.49. The quantitative estimate of drug-likeness (QED) is 0.693. The van der Waals surface area contributed by atoms with E-state index in [4.69, 9.17) is 5.73 Å². The zero-order valence-electron chi connectivity index (χ0n) is 14.1. The summed E-state index contributed by atoms with van der Waals surface area (Å²) < 4.78 is 1.41. The lowest BCUT2D eigenvalue weighted by atomic mass is 9.94. The van der Waals surface area contributed by atoms with Gasteiger partial charge >= 0.3 is 5.69 Å². The summed E-state index contributed by atoms with van der Waals surface area (Å²) in [6.07, 6.45) is 1.68.